The van der Waals surface area contributed by atoms with Gasteiger partial charge in [-0.3, -0.25) is 14.4 Å². The molecule has 5 rings (SSSR count). The van der Waals surface area contributed by atoms with Crippen LogP contribution in [0.5, 0.6) is 0 Å². The van der Waals surface area contributed by atoms with E-state index in [1.54, 1.807) is 0 Å². The number of allylic oxidation sites excluding steroid dienone is 1. The number of rotatable bonds is 2. The molecule has 3 saturated carbocycles. The van der Waals surface area contributed by atoms with Crippen LogP contribution in [0.2, 0.25) is 0 Å². The zero-order chi connectivity index (χ0) is 20.4. The highest BCUT2D eigenvalue weighted by molar-refractivity contribution is 6.14. The first kappa shape index (κ1) is 19.0. The fraction of sp³-hybridized carbons (Fsp3) is 0.577. The molecule has 0 bridgehead atoms. The van der Waals surface area contributed by atoms with Crippen molar-refractivity contribution in [2.75, 3.05) is 0 Å². The number of Topliss-reactive ketones (excluding diaryl/α,β-unsaturated/α-hetero) is 2. The Morgan fingerprint density at radius 2 is 1.66 bits per heavy atom. The fourth-order valence-corrected chi connectivity index (χ4v) is 7.44. The van der Waals surface area contributed by atoms with Crippen molar-refractivity contribution >= 4 is 17.3 Å². The van der Waals surface area contributed by atoms with Gasteiger partial charge in [-0.05, 0) is 67.8 Å². The Labute approximate surface area is 173 Å². The highest BCUT2D eigenvalue weighted by Crippen LogP contribution is 2.64. The molecule has 3 nitrogen and oxygen atoms in total. The molecule has 152 valence electrons. The molecule has 1 aromatic rings. The Balaban J connectivity index is 1.48. The third-order valence-corrected chi connectivity index (χ3v) is 9.11. The summed E-state index contributed by atoms with van der Waals surface area (Å²) in [5, 5.41) is 0. The quantitative estimate of drug-likeness (QED) is 0.515. The van der Waals surface area contributed by atoms with Gasteiger partial charge in [-0.15, -0.1) is 0 Å². The Hall–Kier alpha value is -2.03. The topological polar surface area (TPSA) is 51.2 Å². The van der Waals surface area contributed by atoms with Gasteiger partial charge in [-0.25, -0.2) is 0 Å². The second-order valence-corrected chi connectivity index (χ2v) is 10.3. The lowest BCUT2D eigenvalue weighted by Gasteiger charge is -2.57. The van der Waals surface area contributed by atoms with Gasteiger partial charge in [-0.2, -0.15) is 0 Å². The van der Waals surface area contributed by atoms with Crippen molar-refractivity contribution in [3.63, 3.8) is 0 Å². The van der Waals surface area contributed by atoms with E-state index in [4.69, 9.17) is 0 Å². The van der Waals surface area contributed by atoms with Gasteiger partial charge < -0.3 is 0 Å². The lowest BCUT2D eigenvalue weighted by Crippen LogP contribution is -2.52. The van der Waals surface area contributed by atoms with Crippen LogP contribution in [0.4, 0.5) is 0 Å². The predicted octanol–water partition coefficient (Wildman–Crippen LogP) is 5.20. The van der Waals surface area contributed by atoms with Crippen LogP contribution in [-0.4, -0.2) is 17.3 Å². The first-order valence-corrected chi connectivity index (χ1v) is 11.2. The SMILES string of the molecule is CC12CCC3C(CCC4=CC(=O)C(C(=O)c5ccccc5)CC43C)C1CCC2=O. The normalized spacial score (nSPS) is 41.2. The number of ketones is 3. The van der Waals surface area contributed by atoms with E-state index in [1.807, 2.05) is 36.4 Å². The molecule has 0 aliphatic heterocycles. The van der Waals surface area contributed by atoms with Crippen molar-refractivity contribution in [2.45, 2.75) is 58.8 Å². The van der Waals surface area contributed by atoms with Gasteiger partial charge in [0.1, 0.15) is 5.78 Å². The molecule has 0 saturated heterocycles. The van der Waals surface area contributed by atoms with Gasteiger partial charge in [0.15, 0.2) is 11.6 Å². The highest BCUT2D eigenvalue weighted by atomic mass is 16.2. The molecule has 6 atom stereocenters. The maximum atomic E-state index is 13.2. The molecule has 3 fully saturated rings. The van der Waals surface area contributed by atoms with Crippen LogP contribution in [0.15, 0.2) is 42.0 Å². The van der Waals surface area contributed by atoms with Crippen molar-refractivity contribution in [1.82, 2.24) is 0 Å². The molecular formula is C26H30O3. The van der Waals surface area contributed by atoms with Gasteiger partial charge in [0.2, 0.25) is 0 Å². The van der Waals surface area contributed by atoms with Crippen LogP contribution in [0.25, 0.3) is 0 Å². The summed E-state index contributed by atoms with van der Waals surface area (Å²) < 4.78 is 0. The molecule has 0 aromatic heterocycles. The van der Waals surface area contributed by atoms with Crippen LogP contribution < -0.4 is 0 Å². The van der Waals surface area contributed by atoms with E-state index in [2.05, 4.69) is 13.8 Å². The molecule has 0 spiro atoms. The van der Waals surface area contributed by atoms with E-state index in [9.17, 15) is 14.4 Å². The van der Waals surface area contributed by atoms with Gasteiger partial charge in [0.25, 0.3) is 0 Å². The molecule has 29 heavy (non-hydrogen) atoms. The van der Waals surface area contributed by atoms with Crippen LogP contribution in [0.1, 0.15) is 69.2 Å². The molecule has 6 unspecified atom stereocenters. The molecule has 1 aromatic carbocycles. The molecule has 0 amide bonds. The molecule has 3 heteroatoms. The van der Waals surface area contributed by atoms with E-state index in [1.165, 1.54) is 5.57 Å². The largest absolute Gasteiger partial charge is 0.299 e. The summed E-state index contributed by atoms with van der Waals surface area (Å²) in [4.78, 5) is 38.7. The molecule has 4 aliphatic carbocycles. The van der Waals surface area contributed by atoms with Gasteiger partial charge in [0, 0.05) is 17.4 Å². The van der Waals surface area contributed by atoms with Crippen molar-refractivity contribution in [3.05, 3.63) is 47.5 Å². The predicted molar refractivity (Wildman–Crippen MR) is 111 cm³/mol. The zero-order valence-electron chi connectivity index (χ0n) is 17.4. The van der Waals surface area contributed by atoms with Gasteiger partial charge in [0.05, 0.1) is 5.92 Å². The summed E-state index contributed by atoms with van der Waals surface area (Å²) in [5.41, 5.74) is 1.66. The lowest BCUT2D eigenvalue weighted by atomic mass is 9.46. The standard InChI is InChI=1S/C26H30O3/c1-25-13-12-21-18(20(25)10-11-23(25)28)9-8-17-14-22(27)19(15-26(17,21)2)24(29)16-6-4-3-5-7-16/h3-7,14,18-21H,8-13,15H2,1-2H3. The summed E-state index contributed by atoms with van der Waals surface area (Å²) in [6.45, 7) is 4.50. The number of fused-ring (bicyclic) bond motifs is 5. The minimum Gasteiger partial charge on any atom is -0.299 e. The number of benzene rings is 1. The van der Waals surface area contributed by atoms with Crippen molar-refractivity contribution in [2.24, 2.45) is 34.5 Å². The Morgan fingerprint density at radius 3 is 2.41 bits per heavy atom. The molecule has 0 N–H and O–H groups in total. The Bertz CT molecular complexity index is 913. The van der Waals surface area contributed by atoms with E-state index < -0.39 is 5.92 Å². The first-order valence-electron chi connectivity index (χ1n) is 11.2. The molecule has 4 aliphatic rings. The monoisotopic (exact) mass is 390 g/mol. The zero-order valence-corrected chi connectivity index (χ0v) is 17.4. The minimum atomic E-state index is -0.566. The van der Waals surface area contributed by atoms with Crippen molar-refractivity contribution in [1.29, 1.82) is 0 Å². The minimum absolute atomic E-state index is 0.0125. The number of carbonyl (C=O) groups excluding carboxylic acids is 3. The average Bonchev–Trinajstić information content (AvgIpc) is 3.03. The third-order valence-electron chi connectivity index (χ3n) is 9.11. The smallest absolute Gasteiger partial charge is 0.173 e. The highest BCUT2D eigenvalue weighted by Gasteiger charge is 2.60. The molecule has 0 radical (unpaired) electrons. The van der Waals surface area contributed by atoms with Crippen LogP contribution in [0, 0.1) is 34.5 Å². The maximum Gasteiger partial charge on any atom is 0.173 e. The summed E-state index contributed by atoms with van der Waals surface area (Å²) >= 11 is 0. The Kier molecular flexibility index (Phi) is 4.24. The second kappa shape index (κ2) is 6.48. The van der Waals surface area contributed by atoms with E-state index in [0.717, 1.165) is 38.5 Å². The molecular weight excluding hydrogens is 360 g/mol. The van der Waals surface area contributed by atoms with Crippen LogP contribution >= 0.6 is 0 Å². The number of hydrogen-bond acceptors (Lipinski definition) is 3. The molecule has 0 heterocycles. The van der Waals surface area contributed by atoms with Crippen molar-refractivity contribution in [3.8, 4) is 0 Å². The lowest BCUT2D eigenvalue weighted by molar-refractivity contribution is -0.132. The number of carbonyl (C=O) groups is 3. The average molecular weight is 391 g/mol. The van der Waals surface area contributed by atoms with Crippen LogP contribution in [0.3, 0.4) is 0 Å². The van der Waals surface area contributed by atoms with Crippen molar-refractivity contribution < 1.29 is 14.4 Å². The number of hydrogen-bond donors (Lipinski definition) is 0. The summed E-state index contributed by atoms with van der Waals surface area (Å²) in [6.07, 6.45) is 8.24. The summed E-state index contributed by atoms with van der Waals surface area (Å²) in [5.74, 6) is 1.35. The first-order chi connectivity index (χ1) is 13.8. The van der Waals surface area contributed by atoms with E-state index >= 15 is 0 Å². The maximum absolute atomic E-state index is 13.2. The van der Waals surface area contributed by atoms with Crippen LogP contribution in [-0.2, 0) is 9.59 Å². The summed E-state index contributed by atoms with van der Waals surface area (Å²) in [7, 11) is 0. The fourth-order valence-electron chi connectivity index (χ4n) is 7.44. The van der Waals surface area contributed by atoms with Gasteiger partial charge in [-0.1, -0.05) is 49.8 Å². The Morgan fingerprint density at radius 1 is 0.931 bits per heavy atom. The van der Waals surface area contributed by atoms with Gasteiger partial charge >= 0.3 is 0 Å². The third kappa shape index (κ3) is 2.65. The summed E-state index contributed by atoms with van der Waals surface area (Å²) in [6, 6.07) is 9.25. The van der Waals surface area contributed by atoms with E-state index in [-0.39, 0.29) is 22.4 Å². The van der Waals surface area contributed by atoms with E-state index in [0.29, 0.717) is 35.5 Å². The second-order valence-electron chi connectivity index (χ2n) is 10.3.